The minimum absolute atomic E-state index is 0.0639. The highest BCUT2D eigenvalue weighted by atomic mass is 32.2. The van der Waals surface area contributed by atoms with Crippen molar-refractivity contribution in [1.82, 2.24) is 24.6 Å². The number of aromatic nitrogens is 4. The fourth-order valence-corrected chi connectivity index (χ4v) is 4.74. The molecule has 7 nitrogen and oxygen atoms in total. The first kappa shape index (κ1) is 22.0. The summed E-state index contributed by atoms with van der Waals surface area (Å²) in [5, 5.41) is 7.56. The van der Waals surface area contributed by atoms with Gasteiger partial charge in [-0.05, 0) is 53.5 Å². The molecule has 0 aliphatic rings. The average molecular weight is 450 g/mol. The second-order valence-electron chi connectivity index (χ2n) is 7.97. The number of nitrogens with zero attached hydrogens (tertiary/aromatic N) is 3. The van der Waals surface area contributed by atoms with Gasteiger partial charge in [-0.3, -0.25) is 4.79 Å². The second-order valence-corrected chi connectivity index (χ2v) is 9.43. The molecule has 0 unspecified atom stereocenters. The number of hydrogen-bond donors (Lipinski definition) is 2. The van der Waals surface area contributed by atoms with Crippen LogP contribution in [0, 0.1) is 5.92 Å². The molecule has 3 aromatic heterocycles. The van der Waals surface area contributed by atoms with Gasteiger partial charge in [-0.2, -0.15) is 5.10 Å². The maximum absolute atomic E-state index is 12.9. The van der Waals surface area contributed by atoms with Crippen molar-refractivity contribution < 1.29 is 9.35 Å². The van der Waals surface area contributed by atoms with Crippen molar-refractivity contribution in [3.8, 4) is 11.5 Å². The van der Waals surface area contributed by atoms with E-state index < -0.39 is 11.2 Å². The molecule has 0 radical (unpaired) electrons. The molecular formula is C24H27N5O2S. The number of aromatic amines is 1. The number of nitrogens with one attached hydrogen (secondary N) is 2. The molecule has 0 fully saturated rings. The van der Waals surface area contributed by atoms with E-state index in [0.717, 1.165) is 22.8 Å². The van der Waals surface area contributed by atoms with Crippen LogP contribution < -0.4 is 5.32 Å². The predicted molar refractivity (Wildman–Crippen MR) is 126 cm³/mol. The van der Waals surface area contributed by atoms with Gasteiger partial charge in [0.25, 0.3) is 5.91 Å². The Morgan fingerprint density at radius 3 is 2.53 bits per heavy atom. The zero-order chi connectivity index (χ0) is 22.5. The second kappa shape index (κ2) is 9.93. The van der Waals surface area contributed by atoms with Crippen LogP contribution >= 0.6 is 0 Å². The minimum Gasteiger partial charge on any atom is -0.616 e. The lowest BCUT2D eigenvalue weighted by Gasteiger charge is -2.22. The van der Waals surface area contributed by atoms with Crippen LogP contribution in [0.1, 0.15) is 31.1 Å². The van der Waals surface area contributed by atoms with Gasteiger partial charge in [0.2, 0.25) is 0 Å². The van der Waals surface area contributed by atoms with Crippen molar-refractivity contribution in [2.24, 2.45) is 5.92 Å². The maximum Gasteiger partial charge on any atom is 0.270 e. The van der Waals surface area contributed by atoms with Crippen molar-refractivity contribution in [2.45, 2.75) is 25.6 Å². The smallest absolute Gasteiger partial charge is 0.270 e. The van der Waals surface area contributed by atoms with E-state index in [9.17, 15) is 9.35 Å². The Balaban J connectivity index is 1.49. The van der Waals surface area contributed by atoms with Crippen LogP contribution in [0.25, 0.3) is 11.5 Å². The number of rotatable bonds is 9. The summed E-state index contributed by atoms with van der Waals surface area (Å²) in [7, 11) is 0. The molecule has 0 aliphatic carbocycles. The Morgan fingerprint density at radius 1 is 1.12 bits per heavy atom. The number of carbonyl (C=O) groups is 1. The normalized spacial score (nSPS) is 13.2. The van der Waals surface area contributed by atoms with Gasteiger partial charge in [0.1, 0.15) is 11.6 Å². The van der Waals surface area contributed by atoms with Gasteiger partial charge in [-0.15, -0.1) is 0 Å². The summed E-state index contributed by atoms with van der Waals surface area (Å²) < 4.78 is 16.7. The Morgan fingerprint density at radius 2 is 1.88 bits per heavy atom. The highest BCUT2D eigenvalue weighted by Gasteiger charge is 2.24. The highest BCUT2D eigenvalue weighted by molar-refractivity contribution is 7.91. The number of carbonyl (C=O) groups excluding carboxylic acids is 1. The zero-order valence-corrected chi connectivity index (χ0v) is 19.0. The van der Waals surface area contributed by atoms with Gasteiger partial charge in [-0.1, -0.05) is 32.0 Å². The standard InChI is InChI=1S/C24H27N5O2S/c1-18(2)23(21-11-8-12-25-21)27-22(30)17-32(31)16-19-15-26-29(20-9-4-3-5-10-20)24(19)28-13-6-7-14-28/h3-15,18,23,25H,16-17H2,1-2H3,(H,27,30)/t23-,32+/m1/s1. The average Bonchev–Trinajstić information content (AvgIpc) is 3.53. The third-order valence-corrected chi connectivity index (χ3v) is 6.43. The molecule has 8 heteroatoms. The number of amides is 1. The molecule has 3 heterocycles. The summed E-state index contributed by atoms with van der Waals surface area (Å²) in [6, 6.07) is 17.4. The lowest BCUT2D eigenvalue weighted by molar-refractivity contribution is -0.119. The van der Waals surface area contributed by atoms with Gasteiger partial charge < -0.3 is 19.4 Å². The topological polar surface area (TPSA) is 90.7 Å². The molecule has 2 atom stereocenters. The number of H-pyrrole nitrogens is 1. The summed E-state index contributed by atoms with van der Waals surface area (Å²) in [6.45, 7) is 4.09. The van der Waals surface area contributed by atoms with Crippen molar-refractivity contribution in [3.63, 3.8) is 0 Å². The Bertz CT molecular complexity index is 1120. The SMILES string of the molecule is CC(C)[C@@H](NC(=O)C[S@@+]([O-])Cc1cnn(-c2ccccc2)c1-n1cccc1)c1ccc[nH]1. The number of para-hydroxylation sites is 1. The summed E-state index contributed by atoms with van der Waals surface area (Å²) in [5.74, 6) is 0.972. The third-order valence-electron chi connectivity index (χ3n) is 5.22. The number of hydrogen-bond acceptors (Lipinski definition) is 3. The molecule has 1 aromatic carbocycles. The van der Waals surface area contributed by atoms with Gasteiger partial charge >= 0.3 is 0 Å². The molecule has 0 saturated heterocycles. The van der Waals surface area contributed by atoms with Crippen LogP contribution in [0.5, 0.6) is 0 Å². The molecule has 4 rings (SSSR count). The van der Waals surface area contributed by atoms with E-state index in [4.69, 9.17) is 0 Å². The summed E-state index contributed by atoms with van der Waals surface area (Å²) in [4.78, 5) is 15.8. The molecule has 0 saturated carbocycles. The Kier molecular flexibility index (Phi) is 6.82. The monoisotopic (exact) mass is 449 g/mol. The van der Waals surface area contributed by atoms with Crippen LogP contribution in [0.3, 0.4) is 0 Å². The quantitative estimate of drug-likeness (QED) is 0.381. The maximum atomic E-state index is 12.9. The van der Waals surface area contributed by atoms with Crippen LogP contribution in [0.4, 0.5) is 0 Å². The molecule has 1 amide bonds. The van der Waals surface area contributed by atoms with Crippen LogP contribution in [-0.4, -0.2) is 35.5 Å². The first-order valence-electron chi connectivity index (χ1n) is 10.6. The summed E-state index contributed by atoms with van der Waals surface area (Å²) >= 11 is -1.38. The van der Waals surface area contributed by atoms with Crippen molar-refractivity contribution >= 4 is 17.1 Å². The van der Waals surface area contributed by atoms with Crippen molar-refractivity contribution in [2.75, 3.05) is 5.75 Å². The van der Waals surface area contributed by atoms with Gasteiger partial charge in [0.05, 0.1) is 23.5 Å². The molecule has 4 aromatic rings. The molecule has 166 valence electrons. The predicted octanol–water partition coefficient (Wildman–Crippen LogP) is 3.75. The lowest BCUT2D eigenvalue weighted by Crippen LogP contribution is -2.36. The highest BCUT2D eigenvalue weighted by Crippen LogP contribution is 2.23. The lowest BCUT2D eigenvalue weighted by atomic mass is 10.0. The molecule has 32 heavy (non-hydrogen) atoms. The summed E-state index contributed by atoms with van der Waals surface area (Å²) in [6.07, 6.45) is 7.43. The Hall–Kier alpha value is -3.23. The van der Waals surface area contributed by atoms with Crippen LogP contribution in [-0.2, 0) is 21.7 Å². The van der Waals surface area contributed by atoms with Gasteiger partial charge in [-0.25, -0.2) is 4.68 Å². The fraction of sp³-hybridized carbons (Fsp3) is 0.250. The van der Waals surface area contributed by atoms with Gasteiger partial charge in [0.15, 0.2) is 5.75 Å². The van der Waals surface area contributed by atoms with E-state index in [1.165, 1.54) is 0 Å². The van der Waals surface area contributed by atoms with Crippen LogP contribution in [0.2, 0.25) is 0 Å². The van der Waals surface area contributed by atoms with Gasteiger partial charge in [0, 0.05) is 24.3 Å². The van der Waals surface area contributed by atoms with Crippen molar-refractivity contribution in [3.05, 3.63) is 90.6 Å². The molecular weight excluding hydrogens is 422 g/mol. The molecule has 0 bridgehead atoms. The Labute approximate surface area is 190 Å². The first-order chi connectivity index (χ1) is 15.5. The zero-order valence-electron chi connectivity index (χ0n) is 18.1. The first-order valence-corrected chi connectivity index (χ1v) is 12.0. The van der Waals surface area contributed by atoms with Crippen LogP contribution in [0.15, 0.2) is 79.4 Å². The molecule has 2 N–H and O–H groups in total. The number of benzene rings is 1. The third kappa shape index (κ3) is 4.98. The van der Waals surface area contributed by atoms with E-state index in [0.29, 0.717) is 0 Å². The summed E-state index contributed by atoms with van der Waals surface area (Å²) in [5.41, 5.74) is 2.68. The minimum atomic E-state index is -1.38. The van der Waals surface area contributed by atoms with E-state index in [-0.39, 0.29) is 29.4 Å². The molecule has 0 spiro atoms. The van der Waals surface area contributed by atoms with E-state index in [1.807, 2.05) is 96.3 Å². The molecule has 0 aliphatic heterocycles. The van der Waals surface area contributed by atoms with E-state index in [1.54, 1.807) is 6.20 Å². The fourth-order valence-electron chi connectivity index (χ4n) is 3.71. The van der Waals surface area contributed by atoms with Crippen molar-refractivity contribution in [1.29, 1.82) is 0 Å². The van der Waals surface area contributed by atoms with E-state index in [2.05, 4.69) is 15.4 Å². The van der Waals surface area contributed by atoms with E-state index >= 15 is 0 Å². The largest absolute Gasteiger partial charge is 0.616 e.